The van der Waals surface area contributed by atoms with E-state index in [1.807, 2.05) is 36.4 Å². The summed E-state index contributed by atoms with van der Waals surface area (Å²) >= 11 is 0. The third kappa shape index (κ3) is 4.95. The van der Waals surface area contributed by atoms with E-state index in [1.165, 1.54) is 0 Å². The Kier molecular flexibility index (Phi) is 7.53. The monoisotopic (exact) mass is 348 g/mol. The van der Waals surface area contributed by atoms with E-state index in [0.29, 0.717) is 6.61 Å². The Morgan fingerprint density at radius 3 is 2.50 bits per heavy atom. The van der Waals surface area contributed by atoms with E-state index in [1.54, 1.807) is 0 Å². The normalized spacial score (nSPS) is 16.2. The summed E-state index contributed by atoms with van der Waals surface area (Å²) in [6, 6.07) is 18.3. The molecule has 1 heterocycles. The van der Waals surface area contributed by atoms with Crippen LogP contribution >= 0.6 is 12.4 Å². The van der Waals surface area contributed by atoms with Crippen molar-refractivity contribution in [1.29, 1.82) is 0 Å². The van der Waals surface area contributed by atoms with Gasteiger partial charge in [0.05, 0.1) is 12.6 Å². The topological polar surface area (TPSA) is 44.7 Å². The summed E-state index contributed by atoms with van der Waals surface area (Å²) in [5.74, 6) is 0.847. The molecule has 5 heteroatoms. The lowest BCUT2D eigenvalue weighted by Gasteiger charge is -2.34. The van der Waals surface area contributed by atoms with Crippen molar-refractivity contribution in [3.05, 3.63) is 65.7 Å². The molecule has 1 saturated heterocycles. The maximum atomic E-state index is 9.83. The molecule has 24 heavy (non-hydrogen) atoms. The van der Waals surface area contributed by atoms with E-state index in [9.17, 15) is 5.11 Å². The fourth-order valence-corrected chi connectivity index (χ4v) is 2.98. The van der Waals surface area contributed by atoms with Gasteiger partial charge in [0, 0.05) is 26.2 Å². The van der Waals surface area contributed by atoms with Gasteiger partial charge in [0.2, 0.25) is 0 Å². The maximum Gasteiger partial charge on any atom is 0.120 e. The van der Waals surface area contributed by atoms with Crippen molar-refractivity contribution in [3.63, 3.8) is 0 Å². The minimum atomic E-state index is 0. The van der Waals surface area contributed by atoms with Crippen LogP contribution in [0.3, 0.4) is 0 Å². The maximum absolute atomic E-state index is 9.83. The number of aliphatic hydroxyl groups is 1. The summed E-state index contributed by atoms with van der Waals surface area (Å²) in [7, 11) is 0. The first-order valence-electron chi connectivity index (χ1n) is 8.19. The number of benzene rings is 2. The third-order valence-electron chi connectivity index (χ3n) is 4.26. The molecule has 2 aromatic rings. The predicted octanol–water partition coefficient (Wildman–Crippen LogP) is 2.63. The molecule has 0 saturated carbocycles. The van der Waals surface area contributed by atoms with Crippen molar-refractivity contribution in [1.82, 2.24) is 10.2 Å². The molecule has 0 radical (unpaired) electrons. The van der Waals surface area contributed by atoms with Crippen molar-refractivity contribution >= 4 is 12.4 Å². The van der Waals surface area contributed by atoms with Gasteiger partial charge < -0.3 is 15.2 Å². The van der Waals surface area contributed by atoms with Gasteiger partial charge in [-0.25, -0.2) is 0 Å². The number of aliphatic hydroxyl groups excluding tert-OH is 1. The average molecular weight is 349 g/mol. The fourth-order valence-electron chi connectivity index (χ4n) is 2.98. The molecule has 4 nitrogen and oxygen atoms in total. The number of hydrogen-bond donors (Lipinski definition) is 2. The van der Waals surface area contributed by atoms with Gasteiger partial charge in [-0.3, -0.25) is 4.90 Å². The lowest BCUT2D eigenvalue weighted by Crippen LogP contribution is -2.46. The Morgan fingerprint density at radius 1 is 1.04 bits per heavy atom. The van der Waals surface area contributed by atoms with Crippen molar-refractivity contribution in [2.45, 2.75) is 12.6 Å². The molecule has 2 N–H and O–H groups in total. The molecule has 1 aliphatic rings. The highest BCUT2D eigenvalue weighted by atomic mass is 35.5. The van der Waals surface area contributed by atoms with Gasteiger partial charge in [-0.15, -0.1) is 12.4 Å². The van der Waals surface area contributed by atoms with Gasteiger partial charge in [-0.2, -0.15) is 0 Å². The lowest BCUT2D eigenvalue weighted by molar-refractivity contribution is 0.110. The van der Waals surface area contributed by atoms with Crippen LogP contribution in [0.15, 0.2) is 54.6 Å². The first kappa shape index (κ1) is 18.7. The van der Waals surface area contributed by atoms with E-state index in [4.69, 9.17) is 4.74 Å². The van der Waals surface area contributed by atoms with Gasteiger partial charge in [0.15, 0.2) is 0 Å². The van der Waals surface area contributed by atoms with Gasteiger partial charge in [0.1, 0.15) is 12.4 Å². The number of nitrogens with one attached hydrogen (secondary N) is 1. The summed E-state index contributed by atoms with van der Waals surface area (Å²) in [5, 5.41) is 13.2. The lowest BCUT2D eigenvalue weighted by atomic mass is 10.0. The van der Waals surface area contributed by atoms with E-state index >= 15 is 0 Å². The van der Waals surface area contributed by atoms with Gasteiger partial charge in [-0.05, 0) is 23.3 Å². The van der Waals surface area contributed by atoms with Crippen molar-refractivity contribution < 1.29 is 9.84 Å². The van der Waals surface area contributed by atoms with Crippen LogP contribution in [0.5, 0.6) is 5.75 Å². The fraction of sp³-hybridized carbons (Fsp3) is 0.368. The largest absolute Gasteiger partial charge is 0.489 e. The summed E-state index contributed by atoms with van der Waals surface area (Å²) in [6.45, 7) is 4.55. The van der Waals surface area contributed by atoms with Crippen LogP contribution in [0.1, 0.15) is 17.2 Å². The van der Waals surface area contributed by atoms with Gasteiger partial charge >= 0.3 is 0 Å². The molecule has 0 aliphatic carbocycles. The summed E-state index contributed by atoms with van der Waals surface area (Å²) < 4.78 is 5.90. The Morgan fingerprint density at radius 2 is 1.79 bits per heavy atom. The Balaban J connectivity index is 0.00000208. The number of rotatable bonds is 6. The minimum Gasteiger partial charge on any atom is -0.489 e. The van der Waals surface area contributed by atoms with E-state index in [-0.39, 0.29) is 25.1 Å². The Labute approximate surface area is 149 Å². The molecule has 0 aromatic heterocycles. The molecular weight excluding hydrogens is 324 g/mol. The zero-order valence-electron chi connectivity index (χ0n) is 13.7. The van der Waals surface area contributed by atoms with Gasteiger partial charge in [0.25, 0.3) is 0 Å². The van der Waals surface area contributed by atoms with Crippen LogP contribution in [0, 0.1) is 0 Å². The highest BCUT2D eigenvalue weighted by Gasteiger charge is 2.21. The third-order valence-corrected chi connectivity index (χ3v) is 4.26. The SMILES string of the molecule is Cl.OC[C@@H](c1cccc(OCc2ccccc2)c1)N1CCNCC1. The first-order valence-corrected chi connectivity index (χ1v) is 8.19. The zero-order chi connectivity index (χ0) is 15.9. The zero-order valence-corrected chi connectivity index (χ0v) is 14.5. The standard InChI is InChI=1S/C19H24N2O2.ClH/c22-14-19(21-11-9-20-10-12-21)17-7-4-8-18(13-17)23-15-16-5-2-1-3-6-16;/h1-8,13,19-20,22H,9-12,14-15H2;1H/t19-;/m0./s1. The molecule has 130 valence electrons. The van der Waals surface area contributed by atoms with Crippen LogP contribution in [-0.4, -0.2) is 42.8 Å². The number of ether oxygens (including phenoxy) is 1. The molecule has 0 bridgehead atoms. The van der Waals surface area contributed by atoms with Crippen LogP contribution in [0.2, 0.25) is 0 Å². The summed E-state index contributed by atoms with van der Waals surface area (Å²) in [6.07, 6.45) is 0. The smallest absolute Gasteiger partial charge is 0.120 e. The molecular formula is C19H25ClN2O2. The van der Waals surface area contributed by atoms with Crippen LogP contribution in [-0.2, 0) is 6.61 Å². The Bertz CT molecular complexity index is 603. The number of nitrogens with zero attached hydrogens (tertiary/aromatic N) is 1. The van der Waals surface area contributed by atoms with Crippen molar-refractivity contribution in [3.8, 4) is 5.75 Å². The second-order valence-electron chi connectivity index (χ2n) is 5.83. The second-order valence-corrected chi connectivity index (χ2v) is 5.83. The van der Waals surface area contributed by atoms with Crippen LogP contribution in [0.25, 0.3) is 0 Å². The molecule has 1 fully saturated rings. The van der Waals surface area contributed by atoms with E-state index < -0.39 is 0 Å². The van der Waals surface area contributed by atoms with Gasteiger partial charge in [-0.1, -0.05) is 42.5 Å². The quantitative estimate of drug-likeness (QED) is 0.842. The van der Waals surface area contributed by atoms with E-state index in [0.717, 1.165) is 43.1 Å². The number of piperazine rings is 1. The van der Waals surface area contributed by atoms with Crippen molar-refractivity contribution in [2.24, 2.45) is 0 Å². The van der Waals surface area contributed by atoms with E-state index in [2.05, 4.69) is 28.4 Å². The van der Waals surface area contributed by atoms with Crippen LogP contribution in [0.4, 0.5) is 0 Å². The summed E-state index contributed by atoms with van der Waals surface area (Å²) in [5.41, 5.74) is 2.26. The Hall–Kier alpha value is -1.59. The highest BCUT2D eigenvalue weighted by molar-refractivity contribution is 5.85. The van der Waals surface area contributed by atoms with Crippen molar-refractivity contribution in [2.75, 3.05) is 32.8 Å². The molecule has 1 aliphatic heterocycles. The number of hydrogen-bond acceptors (Lipinski definition) is 4. The van der Waals surface area contributed by atoms with Crippen LogP contribution < -0.4 is 10.1 Å². The second kappa shape index (κ2) is 9.64. The molecule has 1 atom stereocenters. The molecule has 0 amide bonds. The molecule has 3 rings (SSSR count). The predicted molar refractivity (Wildman–Crippen MR) is 98.7 cm³/mol. The number of halogens is 1. The minimum absolute atomic E-state index is 0. The molecule has 0 spiro atoms. The molecule has 0 unspecified atom stereocenters. The highest BCUT2D eigenvalue weighted by Crippen LogP contribution is 2.25. The molecule has 2 aromatic carbocycles. The average Bonchev–Trinajstić information content (AvgIpc) is 2.63. The first-order chi connectivity index (χ1) is 11.4. The summed E-state index contributed by atoms with van der Waals surface area (Å²) in [4.78, 5) is 2.33.